The lowest BCUT2D eigenvalue weighted by Gasteiger charge is -2.17. The first kappa shape index (κ1) is 14.1. The summed E-state index contributed by atoms with van der Waals surface area (Å²) in [5.74, 6) is 0.151. The molecule has 4 nitrogen and oxygen atoms in total. The van der Waals surface area contributed by atoms with Gasteiger partial charge in [0.1, 0.15) is 0 Å². The Morgan fingerprint density at radius 3 is 2.82 bits per heavy atom. The first-order valence-electron chi connectivity index (χ1n) is 5.51. The van der Waals surface area contributed by atoms with Crippen molar-refractivity contribution in [2.75, 3.05) is 19.8 Å². The molecule has 0 radical (unpaired) electrons. The fourth-order valence-corrected chi connectivity index (χ4v) is 1.79. The van der Waals surface area contributed by atoms with Crippen LogP contribution in [0, 0.1) is 5.92 Å². The van der Waals surface area contributed by atoms with Crippen LogP contribution in [-0.4, -0.2) is 38.1 Å². The molecule has 1 fully saturated rings. The summed E-state index contributed by atoms with van der Waals surface area (Å²) in [4.78, 5) is 11.0. The van der Waals surface area contributed by atoms with Gasteiger partial charge < -0.3 is 14.8 Å². The first-order valence-corrected chi connectivity index (χ1v) is 5.51. The summed E-state index contributed by atoms with van der Waals surface area (Å²) in [5, 5.41) is 2.32. The van der Waals surface area contributed by atoms with E-state index < -0.39 is 18.9 Å². The number of carbonyl (C=O) groups excluding carboxylic acids is 1. The van der Waals surface area contributed by atoms with Gasteiger partial charge in [-0.2, -0.15) is 13.2 Å². The maximum atomic E-state index is 11.7. The highest BCUT2D eigenvalue weighted by atomic mass is 19.4. The third-order valence-corrected chi connectivity index (χ3v) is 2.62. The van der Waals surface area contributed by atoms with Crippen LogP contribution in [-0.2, 0) is 9.47 Å². The number of nitrogens with one attached hydrogen (secondary N) is 1. The second kappa shape index (κ2) is 6.09. The van der Waals surface area contributed by atoms with Crippen molar-refractivity contribution < 1.29 is 27.4 Å². The molecule has 0 aromatic rings. The minimum absolute atomic E-state index is 0.0675. The number of hydrogen-bond acceptors (Lipinski definition) is 3. The Bertz CT molecular complexity index is 258. The van der Waals surface area contributed by atoms with E-state index in [0.29, 0.717) is 6.61 Å². The van der Waals surface area contributed by atoms with E-state index >= 15 is 0 Å². The van der Waals surface area contributed by atoms with Crippen LogP contribution in [0.2, 0.25) is 0 Å². The minimum atomic E-state index is -4.49. The molecule has 17 heavy (non-hydrogen) atoms. The molecular formula is C10H16F3NO3. The van der Waals surface area contributed by atoms with Crippen LogP contribution in [0.5, 0.6) is 0 Å². The van der Waals surface area contributed by atoms with Gasteiger partial charge in [0.2, 0.25) is 0 Å². The van der Waals surface area contributed by atoms with E-state index in [2.05, 4.69) is 10.1 Å². The Kier molecular flexibility index (Phi) is 5.04. The molecule has 0 bridgehead atoms. The monoisotopic (exact) mass is 255 g/mol. The number of alkyl halides is 3. The summed E-state index contributed by atoms with van der Waals surface area (Å²) in [5.41, 5.74) is 0. The third kappa shape index (κ3) is 5.25. The van der Waals surface area contributed by atoms with E-state index in [4.69, 9.17) is 4.74 Å². The van der Waals surface area contributed by atoms with Crippen molar-refractivity contribution in [2.45, 2.75) is 32.0 Å². The summed E-state index contributed by atoms with van der Waals surface area (Å²) in [6, 6.07) is 0. The van der Waals surface area contributed by atoms with Crippen molar-refractivity contribution >= 4 is 6.09 Å². The maximum absolute atomic E-state index is 11.7. The third-order valence-electron chi connectivity index (χ3n) is 2.62. The highest BCUT2D eigenvalue weighted by Crippen LogP contribution is 2.22. The molecule has 1 aliphatic heterocycles. The Hall–Kier alpha value is -0.980. The lowest BCUT2D eigenvalue weighted by atomic mass is 10.00. The zero-order chi connectivity index (χ0) is 12.9. The standard InChI is InChI=1S/C10H16F3NO3/c1-2-8-7(3-4-16-8)5-14-9(15)17-6-10(11,12)13/h7-8H,2-6H2,1H3,(H,14,15). The predicted molar refractivity (Wildman–Crippen MR) is 53.5 cm³/mol. The van der Waals surface area contributed by atoms with Crippen molar-refractivity contribution in [3.05, 3.63) is 0 Å². The number of hydrogen-bond donors (Lipinski definition) is 1. The molecule has 0 aliphatic carbocycles. The molecule has 100 valence electrons. The summed E-state index contributed by atoms with van der Waals surface area (Å²) < 4.78 is 44.7. The fourth-order valence-electron chi connectivity index (χ4n) is 1.79. The van der Waals surface area contributed by atoms with E-state index in [1.165, 1.54) is 0 Å². The number of rotatable bonds is 4. The van der Waals surface area contributed by atoms with E-state index in [0.717, 1.165) is 12.8 Å². The smallest absolute Gasteiger partial charge is 0.422 e. The lowest BCUT2D eigenvalue weighted by molar-refractivity contribution is -0.160. The topological polar surface area (TPSA) is 47.6 Å². The Labute approximate surface area is 97.5 Å². The van der Waals surface area contributed by atoms with Crippen LogP contribution in [0.15, 0.2) is 0 Å². The number of alkyl carbamates (subject to hydrolysis) is 1. The lowest BCUT2D eigenvalue weighted by Crippen LogP contribution is -2.34. The normalized spacial score (nSPS) is 24.7. The molecule has 0 aromatic heterocycles. The van der Waals surface area contributed by atoms with Crippen LogP contribution >= 0.6 is 0 Å². The van der Waals surface area contributed by atoms with E-state index in [-0.39, 0.29) is 18.6 Å². The summed E-state index contributed by atoms with van der Waals surface area (Å²) in [7, 11) is 0. The Morgan fingerprint density at radius 1 is 1.53 bits per heavy atom. The van der Waals surface area contributed by atoms with E-state index in [1.807, 2.05) is 6.92 Å². The van der Waals surface area contributed by atoms with Crippen molar-refractivity contribution in [3.63, 3.8) is 0 Å². The molecule has 1 N–H and O–H groups in total. The molecule has 1 rings (SSSR count). The SMILES string of the molecule is CCC1OCCC1CNC(=O)OCC(F)(F)F. The van der Waals surface area contributed by atoms with Gasteiger partial charge in [-0.25, -0.2) is 4.79 Å². The van der Waals surface area contributed by atoms with Crippen LogP contribution in [0.4, 0.5) is 18.0 Å². The van der Waals surface area contributed by atoms with Crippen molar-refractivity contribution in [1.82, 2.24) is 5.32 Å². The van der Waals surface area contributed by atoms with Gasteiger partial charge in [0, 0.05) is 19.1 Å². The van der Waals surface area contributed by atoms with Crippen molar-refractivity contribution in [1.29, 1.82) is 0 Å². The Morgan fingerprint density at radius 2 is 2.24 bits per heavy atom. The van der Waals surface area contributed by atoms with E-state index in [9.17, 15) is 18.0 Å². The highest BCUT2D eigenvalue weighted by Gasteiger charge is 2.30. The Balaban J connectivity index is 2.19. The van der Waals surface area contributed by atoms with Gasteiger partial charge in [-0.1, -0.05) is 6.92 Å². The molecular weight excluding hydrogens is 239 g/mol. The summed E-state index contributed by atoms with van der Waals surface area (Å²) in [6.07, 6.45) is -3.83. The van der Waals surface area contributed by atoms with E-state index in [1.54, 1.807) is 0 Å². The zero-order valence-corrected chi connectivity index (χ0v) is 9.55. The molecule has 0 spiro atoms. The van der Waals surface area contributed by atoms with Gasteiger partial charge in [0.25, 0.3) is 0 Å². The van der Waals surface area contributed by atoms with Crippen LogP contribution in [0.25, 0.3) is 0 Å². The zero-order valence-electron chi connectivity index (χ0n) is 9.55. The average molecular weight is 255 g/mol. The number of halogens is 3. The van der Waals surface area contributed by atoms with Gasteiger partial charge in [-0.05, 0) is 12.8 Å². The van der Waals surface area contributed by atoms with Crippen LogP contribution in [0.3, 0.4) is 0 Å². The van der Waals surface area contributed by atoms with Gasteiger partial charge in [-0.15, -0.1) is 0 Å². The number of amides is 1. The minimum Gasteiger partial charge on any atom is -0.440 e. The van der Waals surface area contributed by atoms with Gasteiger partial charge in [-0.3, -0.25) is 0 Å². The fraction of sp³-hybridized carbons (Fsp3) is 0.900. The van der Waals surface area contributed by atoms with Gasteiger partial charge >= 0.3 is 12.3 Å². The van der Waals surface area contributed by atoms with Crippen molar-refractivity contribution in [2.24, 2.45) is 5.92 Å². The highest BCUT2D eigenvalue weighted by molar-refractivity contribution is 5.67. The molecule has 2 atom stereocenters. The average Bonchev–Trinajstić information content (AvgIpc) is 2.69. The maximum Gasteiger partial charge on any atom is 0.422 e. The largest absolute Gasteiger partial charge is 0.440 e. The van der Waals surface area contributed by atoms with Gasteiger partial charge in [0.05, 0.1) is 6.10 Å². The second-order valence-corrected chi connectivity index (χ2v) is 3.94. The predicted octanol–water partition coefficient (Wildman–Crippen LogP) is 2.09. The molecule has 0 saturated carbocycles. The molecule has 2 unspecified atom stereocenters. The summed E-state index contributed by atoms with van der Waals surface area (Å²) >= 11 is 0. The van der Waals surface area contributed by atoms with Crippen LogP contribution < -0.4 is 5.32 Å². The summed E-state index contributed by atoms with van der Waals surface area (Å²) in [6.45, 7) is 1.32. The van der Waals surface area contributed by atoms with Crippen molar-refractivity contribution in [3.8, 4) is 0 Å². The molecule has 1 aliphatic rings. The van der Waals surface area contributed by atoms with Crippen LogP contribution in [0.1, 0.15) is 19.8 Å². The second-order valence-electron chi connectivity index (χ2n) is 3.94. The van der Waals surface area contributed by atoms with Gasteiger partial charge in [0.15, 0.2) is 6.61 Å². The number of ether oxygens (including phenoxy) is 2. The molecule has 1 heterocycles. The molecule has 0 aromatic carbocycles. The molecule has 7 heteroatoms. The first-order chi connectivity index (χ1) is 7.92. The molecule has 1 amide bonds. The quantitative estimate of drug-likeness (QED) is 0.836. The molecule has 1 saturated heterocycles. The number of carbonyl (C=O) groups is 1.